The molecule has 19 heteroatoms. The molecule has 0 aliphatic heterocycles. The summed E-state index contributed by atoms with van der Waals surface area (Å²) in [4.78, 5) is 69.3. The second-order valence-corrected chi connectivity index (χ2v) is 15.2. The maximum Gasteiger partial charge on any atom is 0.321 e. The van der Waals surface area contributed by atoms with Crippen LogP contribution in [0.3, 0.4) is 0 Å². The first-order valence-electron chi connectivity index (χ1n) is 20.2. The van der Waals surface area contributed by atoms with Gasteiger partial charge in [0, 0.05) is 11.1 Å². The minimum absolute atomic E-state index is 0.00673. The van der Waals surface area contributed by atoms with E-state index in [0.717, 1.165) is 23.5 Å². The van der Waals surface area contributed by atoms with Gasteiger partial charge in [-0.2, -0.15) is 0 Å². The van der Waals surface area contributed by atoms with E-state index in [4.69, 9.17) is 43.0 Å². The molecule has 0 saturated carbocycles. The molecule has 0 unspecified atom stereocenters. The van der Waals surface area contributed by atoms with Crippen LogP contribution < -0.4 is 37.9 Å². The van der Waals surface area contributed by atoms with E-state index >= 15 is 0 Å². The molecule has 0 atom stereocenters. The van der Waals surface area contributed by atoms with Crippen LogP contribution in [0.5, 0.6) is 51.7 Å². The summed E-state index contributed by atoms with van der Waals surface area (Å²) in [5.74, 6) is 0.285. The maximum absolute atomic E-state index is 12.8. The van der Waals surface area contributed by atoms with Crippen molar-refractivity contribution in [2.45, 2.75) is 20.5 Å². The number of aliphatic hydroxyl groups excluding tert-OH is 1. The molecule has 69 heavy (non-hydrogen) atoms. The van der Waals surface area contributed by atoms with Crippen LogP contribution in [-0.2, 0) is 25.8 Å². The van der Waals surface area contributed by atoms with Gasteiger partial charge in [-0.1, -0.05) is 60.0 Å². The number of allylic oxidation sites excluding steroid dienone is 4. The van der Waals surface area contributed by atoms with E-state index in [1.165, 1.54) is 80.1 Å². The molecule has 4 aromatic carbocycles. The number of carbonyl (C=O) groups is 6. The normalized spacial score (nSPS) is 10.7. The van der Waals surface area contributed by atoms with Crippen LogP contribution >= 0.6 is 23.5 Å². The van der Waals surface area contributed by atoms with Gasteiger partial charge in [0.2, 0.25) is 16.0 Å². The molecular weight excluding hydrogens is 937 g/mol. The number of phenols is 1. The predicted octanol–water partition coefficient (Wildman–Crippen LogP) is 8.07. The summed E-state index contributed by atoms with van der Waals surface area (Å²) < 4.78 is 41.8. The van der Waals surface area contributed by atoms with Crippen LogP contribution in [0.15, 0.2) is 97.1 Å². The summed E-state index contributed by atoms with van der Waals surface area (Å²) in [7, 11) is 10.2. The summed E-state index contributed by atoms with van der Waals surface area (Å²) >= 11 is 1.62. The third kappa shape index (κ3) is 19.0. The lowest BCUT2D eigenvalue weighted by Gasteiger charge is -2.13. The van der Waals surface area contributed by atoms with Gasteiger partial charge in [0.25, 0.3) is 0 Å². The fraction of sp³-hybridized carbons (Fsp3) is 0.240. The molecule has 0 fully saturated rings. The number of ketones is 2. The van der Waals surface area contributed by atoms with Gasteiger partial charge >= 0.3 is 11.9 Å². The first kappa shape index (κ1) is 57.6. The number of methoxy groups -OCH3 is 7. The molecule has 0 radical (unpaired) electrons. The number of ether oxygens (including phenoxy) is 8. The lowest BCUT2D eigenvalue weighted by atomic mass is 10.0. The molecule has 0 heterocycles. The standard InChI is InChI=1S/C25H26O8S.C19H20O6.C6H8O3S/c1-6-7-24(28)34-15-23(27)33-20-12-16(9-11-19(20)29-2)8-10-18(26)17-13-21(30-3)25(32-5)22(14-17)31-4;1-23-17-7-5-12(8-16(17)22)4-6-15(21)13-9-18(24-2)14(11-20)19(10-13)25-3;1-2-3-6(9)10-4-5(7)8/h6-14H,15H2,1-5H3;4-10,20,22H,11H2,1-3H3;2-3H,4H2,1H3,(H,7,8)/b7-6+,10-8+;6-4+;3-2+. The topological polar surface area (TPSA) is 237 Å². The number of aromatic hydroxyl groups is 1. The van der Waals surface area contributed by atoms with Crippen LogP contribution in [0.4, 0.5) is 0 Å². The molecule has 0 saturated heterocycles. The van der Waals surface area contributed by atoms with Gasteiger partial charge in [-0.3, -0.25) is 28.8 Å². The number of aliphatic hydroxyl groups is 1. The second kappa shape index (κ2) is 30.7. The molecule has 17 nitrogen and oxygen atoms in total. The SMILES string of the molecule is C/C=C/C(=O)SCC(=O)O.C/C=C/C(=O)SCC(=O)Oc1cc(/C=C/C(=O)c2cc(OC)c(OC)c(OC)c2)ccc1OC.COc1ccc(/C=C/C(=O)c2cc(OC)c(CO)c(OC)c2)cc1O. The summed E-state index contributed by atoms with van der Waals surface area (Å²) in [5, 5.41) is 26.9. The lowest BCUT2D eigenvalue weighted by Crippen LogP contribution is -2.12. The van der Waals surface area contributed by atoms with Crippen molar-refractivity contribution in [3.63, 3.8) is 0 Å². The first-order valence-corrected chi connectivity index (χ1v) is 22.2. The molecule has 3 N–H and O–H groups in total. The van der Waals surface area contributed by atoms with Gasteiger partial charge < -0.3 is 53.2 Å². The molecule has 0 aromatic heterocycles. The Balaban J connectivity index is 0.000000407. The fourth-order valence-electron chi connectivity index (χ4n) is 5.51. The molecule has 0 spiro atoms. The third-order valence-electron chi connectivity index (χ3n) is 8.74. The zero-order chi connectivity index (χ0) is 51.5. The Morgan fingerprint density at radius 1 is 0.522 bits per heavy atom. The van der Waals surface area contributed by atoms with Gasteiger partial charge in [-0.05, 0) is 97.8 Å². The lowest BCUT2D eigenvalue weighted by molar-refractivity contribution is -0.134. The number of carboxylic acid groups (broad SMARTS) is 1. The van der Waals surface area contributed by atoms with Crippen molar-refractivity contribution in [1.29, 1.82) is 0 Å². The number of benzene rings is 4. The molecule has 368 valence electrons. The Labute approximate surface area is 408 Å². The van der Waals surface area contributed by atoms with E-state index in [1.54, 1.807) is 92.7 Å². The third-order valence-corrected chi connectivity index (χ3v) is 10.4. The average molecular weight is 991 g/mol. The Bertz CT molecular complexity index is 2490. The van der Waals surface area contributed by atoms with E-state index in [1.807, 2.05) is 0 Å². The van der Waals surface area contributed by atoms with Crippen molar-refractivity contribution < 1.29 is 82.0 Å². The number of carbonyl (C=O) groups excluding carboxylic acids is 5. The number of aliphatic carboxylic acids is 1. The largest absolute Gasteiger partial charge is 0.504 e. The minimum Gasteiger partial charge on any atom is -0.504 e. The Morgan fingerprint density at radius 2 is 0.957 bits per heavy atom. The van der Waals surface area contributed by atoms with Crippen molar-refractivity contribution in [2.75, 3.05) is 61.3 Å². The van der Waals surface area contributed by atoms with Gasteiger partial charge in [0.15, 0.2) is 46.1 Å². The maximum atomic E-state index is 12.8. The number of esters is 1. The molecule has 4 aromatic rings. The van der Waals surface area contributed by atoms with Gasteiger partial charge in [0.05, 0.1) is 73.4 Å². The molecule has 0 aliphatic rings. The van der Waals surface area contributed by atoms with E-state index in [-0.39, 0.29) is 51.4 Å². The van der Waals surface area contributed by atoms with Crippen molar-refractivity contribution in [1.82, 2.24) is 0 Å². The fourth-order valence-corrected chi connectivity index (χ4v) is 6.56. The van der Waals surface area contributed by atoms with Crippen LogP contribution in [-0.4, -0.2) is 110 Å². The van der Waals surface area contributed by atoms with Crippen molar-refractivity contribution in [2.24, 2.45) is 0 Å². The predicted molar refractivity (Wildman–Crippen MR) is 264 cm³/mol. The monoisotopic (exact) mass is 990 g/mol. The summed E-state index contributed by atoms with van der Waals surface area (Å²) in [6.07, 6.45) is 11.8. The molecule has 0 aliphatic carbocycles. The number of phenolic OH excluding ortho intramolecular Hbond substituents is 1. The highest BCUT2D eigenvalue weighted by atomic mass is 32.2. The Morgan fingerprint density at radius 3 is 1.36 bits per heavy atom. The van der Waals surface area contributed by atoms with Crippen molar-refractivity contribution >= 4 is 69.4 Å². The van der Waals surface area contributed by atoms with Crippen molar-refractivity contribution in [3.8, 4) is 51.7 Å². The Kier molecular flexibility index (Phi) is 25.7. The van der Waals surface area contributed by atoms with E-state index < -0.39 is 11.9 Å². The Hall–Kier alpha value is -7.48. The first-order chi connectivity index (χ1) is 33.1. The van der Waals surface area contributed by atoms with Gasteiger partial charge in [-0.25, -0.2) is 0 Å². The van der Waals surface area contributed by atoms with Gasteiger partial charge in [-0.15, -0.1) is 0 Å². The summed E-state index contributed by atoms with van der Waals surface area (Å²) in [6, 6.07) is 15.9. The van der Waals surface area contributed by atoms with Gasteiger partial charge in [0.1, 0.15) is 11.5 Å². The number of rotatable bonds is 21. The highest BCUT2D eigenvalue weighted by Gasteiger charge is 2.18. The zero-order valence-corrected chi connectivity index (χ0v) is 41.0. The highest BCUT2D eigenvalue weighted by Crippen LogP contribution is 2.39. The quantitative estimate of drug-likeness (QED) is 0.0310. The minimum atomic E-state index is -0.970. The van der Waals surface area contributed by atoms with Crippen LogP contribution in [0, 0.1) is 0 Å². The second-order valence-electron chi connectivity index (χ2n) is 13.3. The molecule has 4 rings (SSSR count). The van der Waals surface area contributed by atoms with Crippen molar-refractivity contribution in [3.05, 3.63) is 125 Å². The number of thioether (sulfide) groups is 2. The van der Waals surface area contributed by atoms with E-state index in [9.17, 15) is 39.0 Å². The summed E-state index contributed by atoms with van der Waals surface area (Å²) in [5.41, 5.74) is 2.43. The zero-order valence-electron chi connectivity index (χ0n) is 39.4. The highest BCUT2D eigenvalue weighted by molar-refractivity contribution is 8.14. The van der Waals surface area contributed by atoms with Crippen LogP contribution in [0.25, 0.3) is 12.2 Å². The van der Waals surface area contributed by atoms with Crippen LogP contribution in [0.2, 0.25) is 0 Å². The number of carboxylic acids is 1. The number of hydrogen-bond donors (Lipinski definition) is 3. The van der Waals surface area contributed by atoms with E-state index in [0.29, 0.717) is 68.1 Å². The molecular formula is C50H54O17S2. The van der Waals surface area contributed by atoms with E-state index in [2.05, 4.69) is 0 Å². The molecule has 0 bridgehead atoms. The smallest absolute Gasteiger partial charge is 0.321 e. The molecule has 0 amide bonds. The summed E-state index contributed by atoms with van der Waals surface area (Å²) in [6.45, 7) is 3.16. The average Bonchev–Trinajstić information content (AvgIpc) is 3.35. The van der Waals surface area contributed by atoms with Crippen LogP contribution in [0.1, 0.15) is 51.3 Å². The number of hydrogen-bond acceptors (Lipinski definition) is 18.